The summed E-state index contributed by atoms with van der Waals surface area (Å²) in [6.45, 7) is 5.89. The first-order valence-corrected chi connectivity index (χ1v) is 7.44. The normalized spacial score (nSPS) is 16.3. The van der Waals surface area contributed by atoms with Crippen LogP contribution >= 0.6 is 11.3 Å². The Morgan fingerprint density at radius 1 is 1.35 bits per heavy atom. The number of amides is 1. The van der Waals surface area contributed by atoms with Gasteiger partial charge in [0.1, 0.15) is 0 Å². The smallest absolute Gasteiger partial charge is 0.309 e. The molecule has 110 valence electrons. The van der Waals surface area contributed by atoms with Crippen molar-refractivity contribution in [2.45, 2.75) is 20.3 Å². The number of aliphatic carboxylic acids is 1. The predicted molar refractivity (Wildman–Crippen MR) is 76.9 cm³/mol. The lowest BCUT2D eigenvalue weighted by Gasteiger charge is -2.35. The molecule has 6 nitrogen and oxygen atoms in total. The second-order valence-electron chi connectivity index (χ2n) is 5.55. The molecule has 0 aliphatic carbocycles. The lowest BCUT2D eigenvalue weighted by molar-refractivity contribution is -0.151. The third-order valence-corrected chi connectivity index (χ3v) is 4.33. The van der Waals surface area contributed by atoms with Crippen LogP contribution in [0.4, 0.5) is 5.13 Å². The van der Waals surface area contributed by atoms with E-state index in [0.717, 1.165) is 18.2 Å². The molecule has 0 spiro atoms. The fraction of sp³-hybridized carbons (Fsp3) is 0.615. The first-order valence-electron chi connectivity index (χ1n) is 6.56. The van der Waals surface area contributed by atoms with Crippen LogP contribution in [0.25, 0.3) is 0 Å². The van der Waals surface area contributed by atoms with Gasteiger partial charge >= 0.3 is 5.97 Å². The molecule has 0 atom stereocenters. The van der Waals surface area contributed by atoms with Crippen LogP contribution in [0.3, 0.4) is 0 Å². The Bertz CT molecular complexity index is 479. The molecule has 1 aliphatic rings. The molecule has 1 N–H and O–H groups in total. The van der Waals surface area contributed by atoms with E-state index in [1.54, 1.807) is 36.3 Å². The number of rotatable bonds is 4. The van der Waals surface area contributed by atoms with Crippen molar-refractivity contribution in [3.05, 3.63) is 11.6 Å². The van der Waals surface area contributed by atoms with Gasteiger partial charge in [-0.2, -0.15) is 0 Å². The van der Waals surface area contributed by atoms with E-state index in [1.807, 2.05) is 5.38 Å². The Hall–Kier alpha value is -1.63. The number of carboxylic acid groups (broad SMARTS) is 1. The zero-order chi connectivity index (χ0) is 14.8. The minimum absolute atomic E-state index is 0.0413. The lowest BCUT2D eigenvalue weighted by Crippen LogP contribution is -2.49. The number of thiazole rings is 1. The maximum atomic E-state index is 12.1. The van der Waals surface area contributed by atoms with Crippen LogP contribution in [0.15, 0.2) is 11.6 Å². The van der Waals surface area contributed by atoms with E-state index in [-0.39, 0.29) is 12.3 Å². The Balaban J connectivity index is 1.87. The van der Waals surface area contributed by atoms with Gasteiger partial charge in [-0.1, -0.05) is 0 Å². The number of carbonyl (C=O) groups excluding carboxylic acids is 1. The van der Waals surface area contributed by atoms with Gasteiger partial charge in [-0.15, -0.1) is 11.3 Å². The highest BCUT2D eigenvalue weighted by Crippen LogP contribution is 2.23. The van der Waals surface area contributed by atoms with Crippen LogP contribution in [0, 0.1) is 5.41 Å². The molecule has 0 saturated carbocycles. The number of aromatic nitrogens is 1. The highest BCUT2D eigenvalue weighted by Gasteiger charge is 2.33. The van der Waals surface area contributed by atoms with Crippen LogP contribution in [0.5, 0.6) is 0 Å². The number of carbonyl (C=O) groups is 2. The number of carboxylic acids is 1. The molecule has 0 radical (unpaired) electrons. The van der Waals surface area contributed by atoms with Gasteiger partial charge in [0, 0.05) is 44.2 Å². The quantitative estimate of drug-likeness (QED) is 0.906. The summed E-state index contributed by atoms with van der Waals surface area (Å²) in [5.74, 6) is -1.02. The molecule has 1 aliphatic heterocycles. The van der Waals surface area contributed by atoms with Crippen molar-refractivity contribution in [1.82, 2.24) is 9.88 Å². The van der Waals surface area contributed by atoms with E-state index < -0.39 is 11.4 Å². The number of hydrogen-bond acceptors (Lipinski definition) is 5. The number of anilines is 1. The molecule has 2 heterocycles. The van der Waals surface area contributed by atoms with Gasteiger partial charge in [0.25, 0.3) is 0 Å². The summed E-state index contributed by atoms with van der Waals surface area (Å²) in [7, 11) is 0. The first kappa shape index (κ1) is 14.8. The van der Waals surface area contributed by atoms with E-state index in [9.17, 15) is 9.59 Å². The Morgan fingerprint density at radius 2 is 2.00 bits per heavy atom. The monoisotopic (exact) mass is 297 g/mol. The van der Waals surface area contributed by atoms with Crippen molar-refractivity contribution in [1.29, 1.82) is 0 Å². The number of hydrogen-bond donors (Lipinski definition) is 1. The van der Waals surface area contributed by atoms with Gasteiger partial charge in [0.05, 0.1) is 5.41 Å². The molecule has 1 aromatic rings. The van der Waals surface area contributed by atoms with Gasteiger partial charge in [0.2, 0.25) is 5.91 Å². The molecular formula is C13H19N3O3S. The third-order valence-electron chi connectivity index (χ3n) is 3.49. The van der Waals surface area contributed by atoms with E-state index in [0.29, 0.717) is 13.1 Å². The van der Waals surface area contributed by atoms with E-state index >= 15 is 0 Å². The van der Waals surface area contributed by atoms with Gasteiger partial charge < -0.3 is 14.9 Å². The third kappa shape index (κ3) is 3.27. The maximum absolute atomic E-state index is 12.1. The topological polar surface area (TPSA) is 73.7 Å². The van der Waals surface area contributed by atoms with Crippen molar-refractivity contribution >= 4 is 28.3 Å². The zero-order valence-electron chi connectivity index (χ0n) is 11.7. The van der Waals surface area contributed by atoms with Crippen molar-refractivity contribution in [3.8, 4) is 0 Å². The van der Waals surface area contributed by atoms with E-state index in [4.69, 9.17) is 5.11 Å². The van der Waals surface area contributed by atoms with Crippen LogP contribution in [0.1, 0.15) is 20.3 Å². The summed E-state index contributed by atoms with van der Waals surface area (Å²) in [4.78, 5) is 31.4. The second kappa shape index (κ2) is 5.78. The minimum Gasteiger partial charge on any atom is -0.481 e. The Labute approximate surface area is 122 Å². The van der Waals surface area contributed by atoms with Gasteiger partial charge in [-0.25, -0.2) is 4.98 Å². The molecular weight excluding hydrogens is 278 g/mol. The average Bonchev–Trinajstić information content (AvgIpc) is 2.92. The summed E-state index contributed by atoms with van der Waals surface area (Å²) >= 11 is 1.59. The van der Waals surface area contributed by atoms with Gasteiger partial charge in [-0.3, -0.25) is 9.59 Å². The van der Waals surface area contributed by atoms with Crippen LogP contribution in [0.2, 0.25) is 0 Å². The molecule has 7 heteroatoms. The minimum atomic E-state index is -1.01. The van der Waals surface area contributed by atoms with Crippen LogP contribution < -0.4 is 4.90 Å². The molecule has 2 rings (SSSR count). The molecule has 1 fully saturated rings. The highest BCUT2D eigenvalue weighted by molar-refractivity contribution is 7.13. The molecule has 0 bridgehead atoms. The summed E-state index contributed by atoms with van der Waals surface area (Å²) < 4.78 is 0. The van der Waals surface area contributed by atoms with Crippen molar-refractivity contribution < 1.29 is 14.7 Å². The molecule has 1 amide bonds. The first-order chi connectivity index (χ1) is 9.40. The Morgan fingerprint density at radius 3 is 2.50 bits per heavy atom. The highest BCUT2D eigenvalue weighted by atomic mass is 32.1. The molecule has 20 heavy (non-hydrogen) atoms. The predicted octanol–water partition coefficient (Wildman–Crippen LogP) is 1.29. The summed E-state index contributed by atoms with van der Waals surface area (Å²) in [5, 5.41) is 12.0. The van der Waals surface area contributed by atoms with E-state index in [1.165, 1.54) is 0 Å². The zero-order valence-corrected chi connectivity index (χ0v) is 12.5. The SMILES string of the molecule is CC(C)(CC(=O)N1CCN(c2nccs2)CC1)C(=O)O. The molecule has 0 unspecified atom stereocenters. The van der Waals surface area contributed by atoms with Crippen molar-refractivity contribution in [2.75, 3.05) is 31.1 Å². The number of piperazine rings is 1. The fourth-order valence-electron chi connectivity index (χ4n) is 2.08. The van der Waals surface area contributed by atoms with Crippen LogP contribution in [-0.2, 0) is 9.59 Å². The molecule has 1 aromatic heterocycles. The largest absolute Gasteiger partial charge is 0.481 e. The Kier molecular flexibility index (Phi) is 4.27. The average molecular weight is 297 g/mol. The fourth-order valence-corrected chi connectivity index (χ4v) is 2.78. The molecule has 1 saturated heterocycles. The maximum Gasteiger partial charge on any atom is 0.309 e. The number of nitrogens with zero attached hydrogens (tertiary/aromatic N) is 3. The second-order valence-corrected chi connectivity index (χ2v) is 6.42. The standard InChI is InChI=1S/C13H19N3O3S/c1-13(2,11(18)19)9-10(17)15-4-6-16(7-5-15)12-14-3-8-20-12/h3,8H,4-7,9H2,1-2H3,(H,18,19). The lowest BCUT2D eigenvalue weighted by atomic mass is 9.89. The van der Waals surface area contributed by atoms with E-state index in [2.05, 4.69) is 9.88 Å². The van der Waals surface area contributed by atoms with Crippen LogP contribution in [-0.4, -0.2) is 53.0 Å². The van der Waals surface area contributed by atoms with Crippen molar-refractivity contribution in [3.63, 3.8) is 0 Å². The summed E-state index contributed by atoms with van der Waals surface area (Å²) in [5.41, 5.74) is -1.01. The summed E-state index contributed by atoms with van der Waals surface area (Å²) in [6.07, 6.45) is 1.81. The van der Waals surface area contributed by atoms with Gasteiger partial charge in [0.15, 0.2) is 5.13 Å². The van der Waals surface area contributed by atoms with Crippen molar-refractivity contribution in [2.24, 2.45) is 5.41 Å². The molecule has 0 aromatic carbocycles. The van der Waals surface area contributed by atoms with Gasteiger partial charge in [-0.05, 0) is 13.8 Å². The summed E-state index contributed by atoms with van der Waals surface area (Å²) in [6, 6.07) is 0.